The van der Waals surface area contributed by atoms with E-state index < -0.39 is 0 Å². The molecular weight excluding hydrogens is 336 g/mol. The van der Waals surface area contributed by atoms with Crippen LogP contribution in [0.15, 0.2) is 42.5 Å². The van der Waals surface area contributed by atoms with Crippen LogP contribution in [0.1, 0.15) is 26.6 Å². The summed E-state index contributed by atoms with van der Waals surface area (Å²) in [7, 11) is 0. The molecule has 0 unspecified atom stereocenters. The summed E-state index contributed by atoms with van der Waals surface area (Å²) >= 11 is 6.02. The molecule has 0 saturated carbocycles. The Labute approximate surface area is 153 Å². The van der Waals surface area contributed by atoms with Crippen LogP contribution in [0, 0.1) is 5.92 Å². The van der Waals surface area contributed by atoms with Gasteiger partial charge in [0.2, 0.25) is 0 Å². The van der Waals surface area contributed by atoms with E-state index in [4.69, 9.17) is 26.1 Å². The van der Waals surface area contributed by atoms with E-state index in [0.29, 0.717) is 24.2 Å². The van der Waals surface area contributed by atoms with Crippen molar-refractivity contribution in [3.63, 3.8) is 0 Å². The van der Waals surface area contributed by atoms with Crippen molar-refractivity contribution in [2.75, 3.05) is 6.61 Å². The number of ether oxygens (including phenoxy) is 2. The lowest BCUT2D eigenvalue weighted by Crippen LogP contribution is -2.11. The number of imidazole rings is 1. The zero-order valence-electron chi connectivity index (χ0n) is 14.8. The van der Waals surface area contributed by atoms with Gasteiger partial charge in [-0.1, -0.05) is 31.5 Å². The Balaban J connectivity index is 1.91. The van der Waals surface area contributed by atoms with Crippen LogP contribution in [0.3, 0.4) is 0 Å². The Morgan fingerprint density at radius 1 is 1.08 bits per heavy atom. The van der Waals surface area contributed by atoms with Crippen LogP contribution in [0.25, 0.3) is 11.0 Å². The topological polar surface area (TPSA) is 36.3 Å². The maximum atomic E-state index is 6.02. The largest absolute Gasteiger partial charge is 0.494 e. The summed E-state index contributed by atoms with van der Waals surface area (Å²) in [6.07, 6.45) is 0. The molecule has 3 aromatic rings. The quantitative estimate of drug-likeness (QED) is 0.573. The van der Waals surface area contributed by atoms with Crippen LogP contribution in [0.5, 0.6) is 11.5 Å². The maximum Gasteiger partial charge on any atom is 0.148 e. The van der Waals surface area contributed by atoms with Crippen LogP contribution in [0.2, 0.25) is 5.02 Å². The van der Waals surface area contributed by atoms with Crippen molar-refractivity contribution in [2.24, 2.45) is 5.92 Å². The molecule has 1 heterocycles. The molecule has 0 spiro atoms. The van der Waals surface area contributed by atoms with E-state index in [1.165, 1.54) is 0 Å². The first-order valence-electron chi connectivity index (χ1n) is 8.57. The Hall–Kier alpha value is -2.20. The molecule has 0 saturated heterocycles. The Bertz CT molecular complexity index is 858. The highest BCUT2D eigenvalue weighted by atomic mass is 35.5. The van der Waals surface area contributed by atoms with Gasteiger partial charge in [0.15, 0.2) is 0 Å². The summed E-state index contributed by atoms with van der Waals surface area (Å²) in [6.45, 7) is 8.29. The van der Waals surface area contributed by atoms with Gasteiger partial charge in [0.25, 0.3) is 0 Å². The second kappa shape index (κ2) is 7.79. The third kappa shape index (κ3) is 4.26. The number of aromatic nitrogens is 2. The summed E-state index contributed by atoms with van der Waals surface area (Å²) in [5, 5.41) is 0.662. The standard InChI is InChI=1S/C20H23ClN2O2/c1-4-24-17-8-9-19-18(11-17)22-20(23(19)12-14(2)3)13-25-16-7-5-6-15(21)10-16/h5-11,14H,4,12-13H2,1-3H3. The highest BCUT2D eigenvalue weighted by Crippen LogP contribution is 2.24. The predicted molar refractivity (Wildman–Crippen MR) is 102 cm³/mol. The van der Waals surface area contributed by atoms with Crippen molar-refractivity contribution < 1.29 is 9.47 Å². The van der Waals surface area contributed by atoms with Gasteiger partial charge in [-0.25, -0.2) is 4.98 Å². The van der Waals surface area contributed by atoms with Crippen LogP contribution in [-0.2, 0) is 13.2 Å². The molecule has 0 fully saturated rings. The fraction of sp³-hybridized carbons (Fsp3) is 0.350. The van der Waals surface area contributed by atoms with Gasteiger partial charge >= 0.3 is 0 Å². The molecule has 2 aromatic carbocycles. The van der Waals surface area contributed by atoms with Gasteiger partial charge in [0.1, 0.15) is 23.9 Å². The lowest BCUT2D eigenvalue weighted by atomic mass is 10.2. The average molecular weight is 359 g/mol. The zero-order chi connectivity index (χ0) is 17.8. The molecule has 25 heavy (non-hydrogen) atoms. The minimum atomic E-state index is 0.395. The number of benzene rings is 2. The van der Waals surface area contributed by atoms with Crippen molar-refractivity contribution in [3.8, 4) is 11.5 Å². The Morgan fingerprint density at radius 3 is 2.60 bits per heavy atom. The lowest BCUT2D eigenvalue weighted by Gasteiger charge is -2.13. The van der Waals surface area contributed by atoms with Gasteiger partial charge in [0.05, 0.1) is 17.6 Å². The van der Waals surface area contributed by atoms with Crippen molar-refractivity contribution in [3.05, 3.63) is 53.3 Å². The first-order chi connectivity index (χ1) is 12.1. The van der Waals surface area contributed by atoms with E-state index in [1.54, 1.807) is 0 Å². The average Bonchev–Trinajstić information content (AvgIpc) is 2.90. The van der Waals surface area contributed by atoms with E-state index >= 15 is 0 Å². The molecule has 3 rings (SSSR count). The van der Waals surface area contributed by atoms with Crippen molar-refractivity contribution in [1.82, 2.24) is 9.55 Å². The number of nitrogens with zero attached hydrogens (tertiary/aromatic N) is 2. The minimum absolute atomic E-state index is 0.395. The van der Waals surface area contributed by atoms with Gasteiger partial charge in [0, 0.05) is 17.6 Å². The van der Waals surface area contributed by atoms with Crippen LogP contribution in [-0.4, -0.2) is 16.2 Å². The number of hydrogen-bond donors (Lipinski definition) is 0. The van der Waals surface area contributed by atoms with Crippen LogP contribution < -0.4 is 9.47 Å². The van der Waals surface area contributed by atoms with Gasteiger partial charge in [-0.2, -0.15) is 0 Å². The van der Waals surface area contributed by atoms with E-state index in [9.17, 15) is 0 Å². The molecule has 4 nitrogen and oxygen atoms in total. The Kier molecular flexibility index (Phi) is 5.49. The highest BCUT2D eigenvalue weighted by Gasteiger charge is 2.13. The molecule has 0 amide bonds. The minimum Gasteiger partial charge on any atom is -0.494 e. The lowest BCUT2D eigenvalue weighted by molar-refractivity contribution is 0.287. The summed E-state index contributed by atoms with van der Waals surface area (Å²) in [5.41, 5.74) is 2.03. The van der Waals surface area contributed by atoms with E-state index in [0.717, 1.165) is 34.9 Å². The van der Waals surface area contributed by atoms with Gasteiger partial charge in [-0.15, -0.1) is 0 Å². The van der Waals surface area contributed by atoms with E-state index in [1.807, 2.05) is 43.3 Å². The number of fused-ring (bicyclic) bond motifs is 1. The molecule has 132 valence electrons. The summed E-state index contributed by atoms with van der Waals surface area (Å²) in [6, 6.07) is 13.5. The fourth-order valence-corrected chi connectivity index (χ4v) is 2.98. The molecule has 0 aliphatic heterocycles. The van der Waals surface area contributed by atoms with E-state index in [2.05, 4.69) is 24.5 Å². The smallest absolute Gasteiger partial charge is 0.148 e. The van der Waals surface area contributed by atoms with Crippen molar-refractivity contribution in [1.29, 1.82) is 0 Å². The second-order valence-electron chi connectivity index (χ2n) is 6.36. The summed E-state index contributed by atoms with van der Waals surface area (Å²) in [4.78, 5) is 4.77. The molecule has 0 bridgehead atoms. The molecule has 0 aliphatic carbocycles. The third-order valence-electron chi connectivity index (χ3n) is 3.82. The molecule has 1 aromatic heterocycles. The monoisotopic (exact) mass is 358 g/mol. The third-order valence-corrected chi connectivity index (χ3v) is 4.06. The Morgan fingerprint density at radius 2 is 1.88 bits per heavy atom. The molecule has 0 radical (unpaired) electrons. The molecule has 0 aliphatic rings. The highest BCUT2D eigenvalue weighted by molar-refractivity contribution is 6.30. The van der Waals surface area contributed by atoms with E-state index in [-0.39, 0.29) is 0 Å². The van der Waals surface area contributed by atoms with Crippen molar-refractivity contribution in [2.45, 2.75) is 33.9 Å². The first-order valence-corrected chi connectivity index (χ1v) is 8.95. The maximum absolute atomic E-state index is 6.02. The SMILES string of the molecule is CCOc1ccc2c(c1)nc(COc1cccc(Cl)c1)n2CC(C)C. The molecular formula is C20H23ClN2O2. The fourth-order valence-electron chi connectivity index (χ4n) is 2.80. The summed E-state index contributed by atoms with van der Waals surface area (Å²) in [5.74, 6) is 2.99. The van der Waals surface area contributed by atoms with Crippen molar-refractivity contribution >= 4 is 22.6 Å². The number of halogens is 1. The normalized spacial score (nSPS) is 11.2. The van der Waals surface area contributed by atoms with Crippen LogP contribution >= 0.6 is 11.6 Å². The van der Waals surface area contributed by atoms with Crippen LogP contribution in [0.4, 0.5) is 0 Å². The predicted octanol–water partition coefficient (Wildman–Crippen LogP) is 5.32. The van der Waals surface area contributed by atoms with Gasteiger partial charge in [-0.05, 0) is 43.2 Å². The number of rotatable bonds is 7. The molecule has 5 heteroatoms. The molecule has 0 N–H and O–H groups in total. The van der Waals surface area contributed by atoms with Gasteiger partial charge < -0.3 is 14.0 Å². The van der Waals surface area contributed by atoms with Gasteiger partial charge in [-0.3, -0.25) is 0 Å². The number of hydrogen-bond acceptors (Lipinski definition) is 3. The first kappa shape index (κ1) is 17.6. The summed E-state index contributed by atoms with van der Waals surface area (Å²) < 4.78 is 13.7. The second-order valence-corrected chi connectivity index (χ2v) is 6.80. The molecule has 0 atom stereocenters. The zero-order valence-corrected chi connectivity index (χ0v) is 15.6.